The van der Waals surface area contributed by atoms with Gasteiger partial charge in [0.15, 0.2) is 0 Å². The van der Waals surface area contributed by atoms with Crippen molar-refractivity contribution in [3.8, 4) is 5.75 Å². The third kappa shape index (κ3) is 5.07. The largest absolute Gasteiger partial charge is 0.495 e. The number of nitrogens with two attached hydrogens (primary N) is 1. The summed E-state index contributed by atoms with van der Waals surface area (Å²) in [5, 5.41) is 5.15. The van der Waals surface area contributed by atoms with Crippen molar-refractivity contribution >= 4 is 17.5 Å². The van der Waals surface area contributed by atoms with Crippen LogP contribution in [0.25, 0.3) is 0 Å². The van der Waals surface area contributed by atoms with Gasteiger partial charge in [0.25, 0.3) is 0 Å². The molecule has 0 aliphatic heterocycles. The van der Waals surface area contributed by atoms with Crippen LogP contribution in [-0.2, 0) is 15.0 Å². The van der Waals surface area contributed by atoms with E-state index in [1.165, 1.54) is 7.11 Å². The van der Waals surface area contributed by atoms with Gasteiger partial charge in [0.05, 0.1) is 25.9 Å². The first-order chi connectivity index (χ1) is 9.77. The molecule has 6 nitrogen and oxygen atoms in total. The molecule has 0 atom stereocenters. The molecule has 1 aromatic carbocycles. The Morgan fingerprint density at radius 2 is 1.90 bits per heavy atom. The first-order valence-electron chi connectivity index (χ1n) is 6.73. The molecule has 0 aliphatic rings. The lowest BCUT2D eigenvalue weighted by Gasteiger charge is -2.21. The summed E-state index contributed by atoms with van der Waals surface area (Å²) < 4.78 is 5.24. The Kier molecular flexibility index (Phi) is 5.72. The number of carbonyl (C=O) groups is 2. The molecule has 1 rings (SSSR count). The standard InChI is InChI=1S/C15H23N3O3/c1-15(2,3)10-5-6-12(21-4)11(7-10)18-14(20)9-17-13(19)8-16/h5-7H,8-9,16H2,1-4H3,(H,17,19)(H,18,20). The lowest BCUT2D eigenvalue weighted by atomic mass is 9.87. The van der Waals surface area contributed by atoms with E-state index >= 15 is 0 Å². The zero-order valence-electron chi connectivity index (χ0n) is 12.9. The number of hydrogen-bond donors (Lipinski definition) is 3. The third-order valence-corrected chi connectivity index (χ3v) is 2.97. The van der Waals surface area contributed by atoms with E-state index in [0.29, 0.717) is 11.4 Å². The number of hydrogen-bond acceptors (Lipinski definition) is 4. The molecule has 0 heterocycles. The summed E-state index contributed by atoms with van der Waals surface area (Å²) in [4.78, 5) is 22.9. The Balaban J connectivity index is 2.85. The second-order valence-electron chi connectivity index (χ2n) is 5.69. The van der Waals surface area contributed by atoms with Crippen LogP contribution in [0.15, 0.2) is 18.2 Å². The highest BCUT2D eigenvalue weighted by Gasteiger charge is 2.17. The molecule has 0 radical (unpaired) electrons. The van der Waals surface area contributed by atoms with Gasteiger partial charge in [-0.3, -0.25) is 9.59 Å². The summed E-state index contributed by atoms with van der Waals surface area (Å²) in [5.74, 6) is -0.136. The van der Waals surface area contributed by atoms with Gasteiger partial charge in [0.2, 0.25) is 11.8 Å². The van der Waals surface area contributed by atoms with Crippen LogP contribution in [0.5, 0.6) is 5.75 Å². The number of anilines is 1. The van der Waals surface area contributed by atoms with Gasteiger partial charge in [-0.05, 0) is 23.1 Å². The lowest BCUT2D eigenvalue weighted by molar-refractivity contribution is -0.123. The quantitative estimate of drug-likeness (QED) is 0.755. The average Bonchev–Trinajstić information content (AvgIpc) is 2.43. The zero-order valence-corrected chi connectivity index (χ0v) is 12.9. The average molecular weight is 293 g/mol. The fraction of sp³-hybridized carbons (Fsp3) is 0.467. The summed E-state index contributed by atoms with van der Waals surface area (Å²) in [6.07, 6.45) is 0. The highest BCUT2D eigenvalue weighted by molar-refractivity contribution is 5.96. The highest BCUT2D eigenvalue weighted by atomic mass is 16.5. The predicted octanol–water partition coefficient (Wildman–Crippen LogP) is 1.01. The van der Waals surface area contributed by atoms with Gasteiger partial charge in [-0.15, -0.1) is 0 Å². The molecule has 4 N–H and O–H groups in total. The van der Waals surface area contributed by atoms with Crippen LogP contribution in [0.1, 0.15) is 26.3 Å². The van der Waals surface area contributed by atoms with Gasteiger partial charge in [-0.1, -0.05) is 26.8 Å². The van der Waals surface area contributed by atoms with Crippen molar-refractivity contribution in [1.29, 1.82) is 0 Å². The van der Waals surface area contributed by atoms with Gasteiger partial charge in [-0.25, -0.2) is 0 Å². The van der Waals surface area contributed by atoms with Crippen molar-refractivity contribution in [2.45, 2.75) is 26.2 Å². The minimum Gasteiger partial charge on any atom is -0.495 e. The number of methoxy groups -OCH3 is 1. The minimum atomic E-state index is -0.374. The lowest BCUT2D eigenvalue weighted by Crippen LogP contribution is -2.36. The van der Waals surface area contributed by atoms with Gasteiger partial charge < -0.3 is 21.1 Å². The number of rotatable bonds is 5. The molecule has 0 saturated carbocycles. The number of ether oxygens (including phenoxy) is 1. The number of amides is 2. The maximum absolute atomic E-state index is 11.8. The van der Waals surface area contributed by atoms with Crippen LogP contribution in [0, 0.1) is 0 Å². The molecule has 21 heavy (non-hydrogen) atoms. The Hall–Kier alpha value is -2.08. The van der Waals surface area contributed by atoms with Crippen molar-refractivity contribution in [2.24, 2.45) is 5.73 Å². The van der Waals surface area contributed by atoms with Crippen LogP contribution in [0.2, 0.25) is 0 Å². The van der Waals surface area contributed by atoms with E-state index in [2.05, 4.69) is 31.4 Å². The molecule has 0 aliphatic carbocycles. The van der Waals surface area contributed by atoms with E-state index < -0.39 is 0 Å². The fourth-order valence-electron chi connectivity index (χ4n) is 1.72. The smallest absolute Gasteiger partial charge is 0.243 e. The molecule has 0 fully saturated rings. The van der Waals surface area contributed by atoms with Crippen LogP contribution in [0.4, 0.5) is 5.69 Å². The van der Waals surface area contributed by atoms with Crippen molar-refractivity contribution in [1.82, 2.24) is 5.32 Å². The number of nitrogens with one attached hydrogen (secondary N) is 2. The molecule has 0 aromatic heterocycles. The number of carbonyl (C=O) groups excluding carboxylic acids is 2. The van der Waals surface area contributed by atoms with Gasteiger partial charge in [-0.2, -0.15) is 0 Å². The highest BCUT2D eigenvalue weighted by Crippen LogP contribution is 2.31. The zero-order chi connectivity index (χ0) is 16.0. The molecular formula is C15H23N3O3. The van der Waals surface area contributed by atoms with Crippen molar-refractivity contribution in [3.05, 3.63) is 23.8 Å². The Labute approximate surface area is 125 Å². The SMILES string of the molecule is COc1ccc(C(C)(C)C)cc1NC(=O)CNC(=O)CN. The first kappa shape index (κ1) is 17.0. The third-order valence-electron chi connectivity index (χ3n) is 2.97. The van der Waals surface area contributed by atoms with E-state index in [4.69, 9.17) is 10.5 Å². The van der Waals surface area contributed by atoms with E-state index in [-0.39, 0.29) is 30.3 Å². The fourth-order valence-corrected chi connectivity index (χ4v) is 1.72. The maximum Gasteiger partial charge on any atom is 0.243 e. The van der Waals surface area contributed by atoms with Crippen LogP contribution in [-0.4, -0.2) is 32.0 Å². The maximum atomic E-state index is 11.8. The minimum absolute atomic E-state index is 0.0421. The second kappa shape index (κ2) is 7.08. The molecule has 0 unspecified atom stereocenters. The van der Waals surface area contributed by atoms with Gasteiger partial charge in [0.1, 0.15) is 5.75 Å². The van der Waals surface area contributed by atoms with Crippen molar-refractivity contribution < 1.29 is 14.3 Å². The molecule has 116 valence electrons. The van der Waals surface area contributed by atoms with Gasteiger partial charge >= 0.3 is 0 Å². The van der Waals surface area contributed by atoms with Crippen molar-refractivity contribution in [3.63, 3.8) is 0 Å². The van der Waals surface area contributed by atoms with Crippen LogP contribution in [0.3, 0.4) is 0 Å². The number of benzene rings is 1. The van der Waals surface area contributed by atoms with Crippen LogP contribution < -0.4 is 21.1 Å². The normalized spacial score (nSPS) is 10.9. The summed E-state index contributed by atoms with van der Waals surface area (Å²) in [6, 6.07) is 5.65. The second-order valence-corrected chi connectivity index (χ2v) is 5.69. The van der Waals surface area contributed by atoms with E-state index in [1.54, 1.807) is 0 Å². The Morgan fingerprint density at radius 1 is 1.24 bits per heavy atom. The summed E-state index contributed by atoms with van der Waals surface area (Å²) in [5.41, 5.74) is 6.77. The summed E-state index contributed by atoms with van der Waals surface area (Å²) >= 11 is 0. The molecule has 2 amide bonds. The predicted molar refractivity (Wildman–Crippen MR) is 82.4 cm³/mol. The molecule has 0 saturated heterocycles. The van der Waals surface area contributed by atoms with E-state index in [9.17, 15) is 9.59 Å². The summed E-state index contributed by atoms with van der Waals surface area (Å²) in [6.45, 7) is 5.99. The van der Waals surface area contributed by atoms with E-state index in [1.807, 2.05) is 18.2 Å². The summed E-state index contributed by atoms with van der Waals surface area (Å²) in [7, 11) is 1.54. The van der Waals surface area contributed by atoms with Gasteiger partial charge in [0, 0.05) is 0 Å². The van der Waals surface area contributed by atoms with Crippen molar-refractivity contribution in [2.75, 3.05) is 25.5 Å². The topological polar surface area (TPSA) is 93.5 Å². The molecule has 1 aromatic rings. The van der Waals surface area contributed by atoms with E-state index in [0.717, 1.165) is 5.56 Å². The monoisotopic (exact) mass is 293 g/mol. The van der Waals surface area contributed by atoms with Crippen LogP contribution >= 0.6 is 0 Å². The molecule has 0 bridgehead atoms. The molecule has 0 spiro atoms. The molecular weight excluding hydrogens is 270 g/mol. The Morgan fingerprint density at radius 3 is 2.43 bits per heavy atom. The first-order valence-corrected chi connectivity index (χ1v) is 6.73. The Bertz CT molecular complexity index is 521. The molecule has 6 heteroatoms.